The molecule has 2 nitrogen and oxygen atoms in total. The van der Waals surface area contributed by atoms with E-state index in [4.69, 9.17) is 4.74 Å². The maximum Gasteiger partial charge on any atom is 0.122 e. The van der Waals surface area contributed by atoms with Crippen LogP contribution in [0.4, 0.5) is 0 Å². The minimum atomic E-state index is -0.0885. The quantitative estimate of drug-likeness (QED) is 0.605. The Labute approximate surface area is 74.3 Å². The van der Waals surface area contributed by atoms with E-state index < -0.39 is 0 Å². The lowest BCUT2D eigenvalue weighted by atomic mass is 9.82. The number of carbonyl (C=O) groups is 1. The smallest absolute Gasteiger partial charge is 0.122 e. The standard InChI is InChI=1S/C10H18O2/c1-2-12-10(8-9-11)6-4-3-5-7-10/h9H,2-8H2,1H3. The van der Waals surface area contributed by atoms with Crippen LogP contribution in [0, 0.1) is 0 Å². The van der Waals surface area contributed by atoms with Crippen molar-refractivity contribution in [1.82, 2.24) is 0 Å². The van der Waals surface area contributed by atoms with Crippen LogP contribution in [-0.2, 0) is 9.53 Å². The molecule has 0 heterocycles. The van der Waals surface area contributed by atoms with Crippen LogP contribution in [0.3, 0.4) is 0 Å². The van der Waals surface area contributed by atoms with E-state index in [9.17, 15) is 4.79 Å². The lowest BCUT2D eigenvalue weighted by Crippen LogP contribution is -2.35. The zero-order valence-electron chi connectivity index (χ0n) is 7.84. The summed E-state index contributed by atoms with van der Waals surface area (Å²) in [6.07, 6.45) is 7.45. The molecular weight excluding hydrogens is 152 g/mol. The second kappa shape index (κ2) is 4.61. The van der Waals surface area contributed by atoms with Crippen LogP contribution >= 0.6 is 0 Å². The van der Waals surface area contributed by atoms with Crippen molar-refractivity contribution in [1.29, 1.82) is 0 Å². The highest BCUT2D eigenvalue weighted by atomic mass is 16.5. The van der Waals surface area contributed by atoms with Gasteiger partial charge in [0.15, 0.2) is 0 Å². The molecule has 1 rings (SSSR count). The van der Waals surface area contributed by atoms with E-state index >= 15 is 0 Å². The predicted octanol–water partition coefficient (Wildman–Crippen LogP) is 2.31. The summed E-state index contributed by atoms with van der Waals surface area (Å²) < 4.78 is 5.68. The number of aldehydes is 1. The fraction of sp³-hybridized carbons (Fsp3) is 0.900. The third kappa shape index (κ3) is 2.31. The Kier molecular flexibility index (Phi) is 3.73. The van der Waals surface area contributed by atoms with Gasteiger partial charge in [-0.05, 0) is 19.8 Å². The fourth-order valence-corrected chi connectivity index (χ4v) is 2.06. The molecule has 0 bridgehead atoms. The van der Waals surface area contributed by atoms with Crippen LogP contribution in [0.25, 0.3) is 0 Å². The van der Waals surface area contributed by atoms with Gasteiger partial charge in [-0.2, -0.15) is 0 Å². The number of ether oxygens (including phenoxy) is 1. The SMILES string of the molecule is CCOC1(CC=O)CCCCC1. The van der Waals surface area contributed by atoms with Gasteiger partial charge in [0.25, 0.3) is 0 Å². The van der Waals surface area contributed by atoms with Crippen LogP contribution in [0.1, 0.15) is 45.4 Å². The highest BCUT2D eigenvalue weighted by Crippen LogP contribution is 2.33. The van der Waals surface area contributed by atoms with Gasteiger partial charge in [0, 0.05) is 13.0 Å². The molecule has 2 heteroatoms. The van der Waals surface area contributed by atoms with E-state index in [0.717, 1.165) is 25.7 Å². The third-order valence-electron chi connectivity index (χ3n) is 2.67. The molecule has 1 aliphatic rings. The van der Waals surface area contributed by atoms with E-state index in [2.05, 4.69) is 0 Å². The van der Waals surface area contributed by atoms with Crippen molar-refractivity contribution < 1.29 is 9.53 Å². The first-order valence-electron chi connectivity index (χ1n) is 4.90. The minimum Gasteiger partial charge on any atom is -0.375 e. The van der Waals surface area contributed by atoms with Crippen molar-refractivity contribution in [2.45, 2.75) is 51.0 Å². The highest BCUT2D eigenvalue weighted by molar-refractivity contribution is 5.51. The number of hydrogen-bond acceptors (Lipinski definition) is 2. The first kappa shape index (κ1) is 9.72. The second-order valence-electron chi connectivity index (χ2n) is 3.55. The monoisotopic (exact) mass is 170 g/mol. The summed E-state index contributed by atoms with van der Waals surface area (Å²) in [6.45, 7) is 2.73. The molecule has 1 saturated carbocycles. The molecule has 1 aliphatic carbocycles. The number of rotatable bonds is 4. The maximum atomic E-state index is 10.5. The average Bonchev–Trinajstić information content (AvgIpc) is 2.07. The first-order chi connectivity index (χ1) is 5.83. The maximum absolute atomic E-state index is 10.5. The molecule has 0 amide bonds. The van der Waals surface area contributed by atoms with Crippen molar-refractivity contribution in [3.63, 3.8) is 0 Å². The molecule has 70 valence electrons. The summed E-state index contributed by atoms with van der Waals surface area (Å²) in [7, 11) is 0. The predicted molar refractivity (Wildman–Crippen MR) is 48.1 cm³/mol. The van der Waals surface area contributed by atoms with Crippen LogP contribution < -0.4 is 0 Å². The Hall–Kier alpha value is -0.370. The van der Waals surface area contributed by atoms with Gasteiger partial charge in [0.05, 0.1) is 5.60 Å². The Morgan fingerprint density at radius 1 is 1.33 bits per heavy atom. The number of hydrogen-bond donors (Lipinski definition) is 0. The van der Waals surface area contributed by atoms with Crippen LogP contribution in [-0.4, -0.2) is 18.5 Å². The molecule has 0 N–H and O–H groups in total. The normalized spacial score (nSPS) is 22.1. The summed E-state index contributed by atoms with van der Waals surface area (Å²) in [5.41, 5.74) is -0.0885. The molecule has 0 aliphatic heterocycles. The summed E-state index contributed by atoms with van der Waals surface area (Å²) >= 11 is 0. The minimum absolute atomic E-state index is 0.0885. The van der Waals surface area contributed by atoms with E-state index in [1.165, 1.54) is 19.3 Å². The Morgan fingerprint density at radius 3 is 2.50 bits per heavy atom. The fourth-order valence-electron chi connectivity index (χ4n) is 2.06. The zero-order chi connectivity index (χ0) is 8.86. The van der Waals surface area contributed by atoms with Gasteiger partial charge in [-0.1, -0.05) is 19.3 Å². The summed E-state index contributed by atoms with van der Waals surface area (Å²) in [4.78, 5) is 10.5. The Balaban J connectivity index is 2.49. The van der Waals surface area contributed by atoms with Gasteiger partial charge in [-0.25, -0.2) is 0 Å². The van der Waals surface area contributed by atoms with Crippen molar-refractivity contribution in [2.75, 3.05) is 6.61 Å². The van der Waals surface area contributed by atoms with Crippen molar-refractivity contribution in [3.8, 4) is 0 Å². The van der Waals surface area contributed by atoms with E-state index in [-0.39, 0.29) is 5.60 Å². The first-order valence-corrected chi connectivity index (χ1v) is 4.90. The average molecular weight is 170 g/mol. The molecule has 0 unspecified atom stereocenters. The molecular formula is C10H18O2. The summed E-state index contributed by atoms with van der Waals surface area (Å²) in [5.74, 6) is 0. The largest absolute Gasteiger partial charge is 0.375 e. The van der Waals surface area contributed by atoms with Gasteiger partial charge >= 0.3 is 0 Å². The summed E-state index contributed by atoms with van der Waals surface area (Å²) in [6, 6.07) is 0. The van der Waals surface area contributed by atoms with Crippen molar-refractivity contribution in [2.24, 2.45) is 0 Å². The van der Waals surface area contributed by atoms with Gasteiger partial charge in [0.1, 0.15) is 6.29 Å². The second-order valence-corrected chi connectivity index (χ2v) is 3.55. The van der Waals surface area contributed by atoms with Gasteiger partial charge in [-0.15, -0.1) is 0 Å². The molecule has 0 aromatic rings. The van der Waals surface area contributed by atoms with Crippen LogP contribution in [0.2, 0.25) is 0 Å². The van der Waals surface area contributed by atoms with Gasteiger partial charge in [0.2, 0.25) is 0 Å². The Bertz CT molecular complexity index is 131. The highest BCUT2D eigenvalue weighted by Gasteiger charge is 2.31. The number of carbonyl (C=O) groups excluding carboxylic acids is 1. The molecule has 0 spiro atoms. The van der Waals surface area contributed by atoms with Crippen LogP contribution in [0.15, 0.2) is 0 Å². The van der Waals surface area contributed by atoms with E-state index in [1.54, 1.807) is 0 Å². The molecule has 0 radical (unpaired) electrons. The topological polar surface area (TPSA) is 26.3 Å². The molecule has 1 fully saturated rings. The lowest BCUT2D eigenvalue weighted by molar-refractivity contribution is -0.119. The molecule has 0 saturated heterocycles. The molecule has 0 aromatic heterocycles. The third-order valence-corrected chi connectivity index (χ3v) is 2.67. The van der Waals surface area contributed by atoms with E-state index in [1.807, 2.05) is 6.92 Å². The Morgan fingerprint density at radius 2 is 2.00 bits per heavy atom. The zero-order valence-corrected chi connectivity index (χ0v) is 7.84. The van der Waals surface area contributed by atoms with E-state index in [0.29, 0.717) is 6.42 Å². The molecule has 0 atom stereocenters. The molecule has 12 heavy (non-hydrogen) atoms. The summed E-state index contributed by atoms with van der Waals surface area (Å²) in [5, 5.41) is 0. The van der Waals surface area contributed by atoms with Crippen molar-refractivity contribution >= 4 is 6.29 Å². The van der Waals surface area contributed by atoms with Crippen molar-refractivity contribution in [3.05, 3.63) is 0 Å². The van der Waals surface area contributed by atoms with Gasteiger partial charge < -0.3 is 9.53 Å². The van der Waals surface area contributed by atoms with Crippen LogP contribution in [0.5, 0.6) is 0 Å². The lowest BCUT2D eigenvalue weighted by Gasteiger charge is -2.35. The van der Waals surface area contributed by atoms with Gasteiger partial charge in [-0.3, -0.25) is 0 Å². The molecule has 0 aromatic carbocycles.